The van der Waals surface area contributed by atoms with Gasteiger partial charge in [0.25, 0.3) is 0 Å². The minimum atomic E-state index is -2.56. The lowest BCUT2D eigenvalue weighted by Gasteiger charge is -2.48. The number of rotatable bonds is 4. The number of Topliss-reactive ketones (excluding diaryl/α,β-unsaturated/α-hetero) is 2. The highest BCUT2D eigenvalue weighted by Gasteiger charge is 2.64. The molecule has 1 aromatic carbocycles. The van der Waals surface area contributed by atoms with Crippen LogP contribution in [0.4, 0.5) is 5.69 Å². The van der Waals surface area contributed by atoms with Gasteiger partial charge in [-0.05, 0) is 54.7 Å². The predicted molar refractivity (Wildman–Crippen MR) is 124 cm³/mol. The number of nitrogens with two attached hydrogens (primary N) is 1. The van der Waals surface area contributed by atoms with E-state index in [4.69, 9.17) is 5.73 Å². The number of hydrogen-bond acceptors (Lipinski definition) is 8. The molecule has 1 amide bonds. The van der Waals surface area contributed by atoms with Crippen molar-refractivity contribution in [3.8, 4) is 5.75 Å². The quantitative estimate of drug-likeness (QED) is 0.403. The number of aliphatic hydroxyl groups excluding tert-OH is 2. The molecule has 9 heteroatoms. The molecule has 3 aliphatic rings. The van der Waals surface area contributed by atoms with Gasteiger partial charge in [-0.15, -0.1) is 0 Å². The highest BCUT2D eigenvalue weighted by Crippen LogP contribution is 2.53. The summed E-state index contributed by atoms with van der Waals surface area (Å²) in [5.41, 5.74) is 4.82. The number of ketones is 2. The molecule has 0 spiro atoms. The molecular formula is C25H32N2O7. The molecule has 34 heavy (non-hydrogen) atoms. The van der Waals surface area contributed by atoms with Crippen LogP contribution in [0.25, 0.3) is 5.76 Å². The van der Waals surface area contributed by atoms with Crippen molar-refractivity contribution in [2.24, 2.45) is 29.4 Å². The number of phenols is 1. The molecule has 0 saturated heterocycles. The largest absolute Gasteiger partial charge is 0.507 e. The number of carbonyl (C=O) groups is 3. The maximum absolute atomic E-state index is 13.6. The fourth-order valence-electron chi connectivity index (χ4n) is 6.02. The minimum absolute atomic E-state index is 0.124. The number of aliphatic hydroxyl groups is 3. The summed E-state index contributed by atoms with van der Waals surface area (Å²) in [5.74, 6) is -6.74. The van der Waals surface area contributed by atoms with Crippen LogP contribution in [-0.4, -0.2) is 63.7 Å². The molecule has 1 aromatic rings. The highest BCUT2D eigenvalue weighted by atomic mass is 16.3. The van der Waals surface area contributed by atoms with Crippen molar-refractivity contribution in [3.63, 3.8) is 0 Å². The lowest BCUT2D eigenvalue weighted by atomic mass is 9.56. The van der Waals surface area contributed by atoms with E-state index in [2.05, 4.69) is 0 Å². The van der Waals surface area contributed by atoms with Gasteiger partial charge in [-0.1, -0.05) is 13.8 Å². The molecule has 5 atom stereocenters. The molecule has 0 radical (unpaired) electrons. The summed E-state index contributed by atoms with van der Waals surface area (Å²) < 4.78 is 0. The van der Waals surface area contributed by atoms with Crippen molar-refractivity contribution in [1.29, 1.82) is 0 Å². The van der Waals surface area contributed by atoms with E-state index < -0.39 is 52.7 Å². The summed E-state index contributed by atoms with van der Waals surface area (Å²) >= 11 is 0. The average Bonchev–Trinajstić information content (AvgIpc) is 2.71. The van der Waals surface area contributed by atoms with Crippen LogP contribution < -0.4 is 10.6 Å². The fourth-order valence-corrected chi connectivity index (χ4v) is 6.02. The van der Waals surface area contributed by atoms with Crippen LogP contribution >= 0.6 is 0 Å². The van der Waals surface area contributed by atoms with Crippen molar-refractivity contribution >= 4 is 28.9 Å². The topological polar surface area (TPSA) is 161 Å². The number of carbonyl (C=O) groups excluding carboxylic acids is 3. The molecule has 4 rings (SSSR count). The summed E-state index contributed by atoms with van der Waals surface area (Å²) in [6.07, 6.45) is -0.532. The van der Waals surface area contributed by atoms with Gasteiger partial charge in [0.2, 0.25) is 11.7 Å². The summed E-state index contributed by atoms with van der Waals surface area (Å²) in [4.78, 5) is 40.3. The zero-order valence-corrected chi connectivity index (χ0v) is 19.8. The predicted octanol–water partition coefficient (Wildman–Crippen LogP) is 0.853. The van der Waals surface area contributed by atoms with E-state index in [0.717, 1.165) is 5.69 Å². The van der Waals surface area contributed by atoms with Crippen LogP contribution in [0, 0.1) is 23.7 Å². The Hall–Kier alpha value is -2.91. The second kappa shape index (κ2) is 8.09. The first kappa shape index (κ1) is 24.2. The summed E-state index contributed by atoms with van der Waals surface area (Å²) in [6.45, 7) is 4.00. The molecule has 0 bridgehead atoms. The fraction of sp³-hybridized carbons (Fsp3) is 0.560. The SMILES string of the molecule is CC(C)Cc1cc(N(C)C)c2c(c1O)C(O)=C1C(=O)[C@]3(O)C(=O)C(C(N)=O)C(O)C[C@@H]3C[C@@H]1C2. The molecule has 9 nitrogen and oxygen atoms in total. The van der Waals surface area contributed by atoms with Gasteiger partial charge in [0.05, 0.1) is 11.7 Å². The van der Waals surface area contributed by atoms with Crippen LogP contribution in [0.15, 0.2) is 11.6 Å². The maximum atomic E-state index is 13.6. The number of primary amides is 1. The van der Waals surface area contributed by atoms with Crippen molar-refractivity contribution in [3.05, 3.63) is 28.3 Å². The van der Waals surface area contributed by atoms with Crippen molar-refractivity contribution in [2.45, 2.75) is 51.2 Å². The first-order valence-corrected chi connectivity index (χ1v) is 11.6. The molecule has 0 aromatic heterocycles. The van der Waals surface area contributed by atoms with Crippen LogP contribution in [-0.2, 0) is 27.2 Å². The Morgan fingerprint density at radius 2 is 1.88 bits per heavy atom. The molecule has 184 valence electrons. The lowest BCUT2D eigenvalue weighted by Crippen LogP contribution is -2.66. The Bertz CT molecular complexity index is 1120. The zero-order valence-electron chi connectivity index (χ0n) is 19.8. The van der Waals surface area contributed by atoms with Gasteiger partial charge in [-0.25, -0.2) is 0 Å². The molecule has 0 heterocycles. The third kappa shape index (κ3) is 3.32. The van der Waals surface area contributed by atoms with E-state index in [-0.39, 0.29) is 35.6 Å². The van der Waals surface area contributed by atoms with E-state index in [0.29, 0.717) is 24.0 Å². The smallest absolute Gasteiger partial charge is 0.230 e. The maximum Gasteiger partial charge on any atom is 0.230 e. The van der Waals surface area contributed by atoms with Gasteiger partial charge in [-0.2, -0.15) is 0 Å². The van der Waals surface area contributed by atoms with Crippen molar-refractivity contribution in [1.82, 2.24) is 0 Å². The number of amides is 1. The number of fused-ring (bicyclic) bond motifs is 3. The Labute approximate surface area is 197 Å². The highest BCUT2D eigenvalue weighted by molar-refractivity contribution is 6.24. The van der Waals surface area contributed by atoms with E-state index in [1.54, 1.807) is 0 Å². The molecule has 3 aliphatic carbocycles. The number of phenolic OH excluding ortho intramolecular Hbond substituents is 1. The molecule has 2 fully saturated rings. The van der Waals surface area contributed by atoms with Gasteiger partial charge < -0.3 is 31.1 Å². The second-order valence-electron chi connectivity index (χ2n) is 10.5. The molecule has 2 unspecified atom stereocenters. The van der Waals surface area contributed by atoms with Crippen LogP contribution in [0.5, 0.6) is 5.75 Å². The van der Waals surface area contributed by atoms with E-state index in [1.807, 2.05) is 38.9 Å². The number of nitrogens with zero attached hydrogens (tertiary/aromatic N) is 1. The Morgan fingerprint density at radius 1 is 1.24 bits per heavy atom. The average molecular weight is 473 g/mol. The standard InChI is InChI=1S/C25H32N2O7/c1-10(2)5-12-8-15(27(3)4)14-7-11-6-13-9-16(28)19(24(26)33)23(32)25(13,34)22(31)17(11)21(30)18(14)20(12)29/h8,10-11,13,16,19,28-30,34H,5-7,9H2,1-4H3,(H2,26,33)/t11-,13+,16?,19?,25+/m1/s1. The van der Waals surface area contributed by atoms with E-state index in [1.165, 1.54) is 0 Å². The van der Waals surface area contributed by atoms with Gasteiger partial charge in [-0.3, -0.25) is 14.4 Å². The van der Waals surface area contributed by atoms with Gasteiger partial charge in [0.15, 0.2) is 11.4 Å². The minimum Gasteiger partial charge on any atom is -0.507 e. The second-order valence-corrected chi connectivity index (χ2v) is 10.5. The molecule has 6 N–H and O–H groups in total. The van der Waals surface area contributed by atoms with Crippen LogP contribution in [0.1, 0.15) is 43.4 Å². The zero-order chi connectivity index (χ0) is 25.3. The van der Waals surface area contributed by atoms with Gasteiger partial charge >= 0.3 is 0 Å². The first-order valence-electron chi connectivity index (χ1n) is 11.6. The third-order valence-corrected chi connectivity index (χ3v) is 7.55. The third-order valence-electron chi connectivity index (χ3n) is 7.55. The number of hydrogen-bond donors (Lipinski definition) is 5. The van der Waals surface area contributed by atoms with Crippen LogP contribution in [0.2, 0.25) is 0 Å². The number of aromatic hydroxyl groups is 1. The van der Waals surface area contributed by atoms with E-state index in [9.17, 15) is 34.8 Å². The number of anilines is 1. The molecular weight excluding hydrogens is 440 g/mol. The Balaban J connectivity index is 1.91. The molecule has 0 aliphatic heterocycles. The lowest BCUT2D eigenvalue weighted by molar-refractivity contribution is -0.174. The first-order chi connectivity index (χ1) is 15.8. The van der Waals surface area contributed by atoms with Gasteiger partial charge in [0, 0.05) is 31.3 Å². The summed E-state index contributed by atoms with van der Waals surface area (Å²) in [5, 5.41) is 44.1. The summed E-state index contributed by atoms with van der Waals surface area (Å²) in [6, 6.07) is 1.89. The summed E-state index contributed by atoms with van der Waals surface area (Å²) in [7, 11) is 3.71. The Morgan fingerprint density at radius 3 is 2.44 bits per heavy atom. The van der Waals surface area contributed by atoms with Crippen LogP contribution in [0.3, 0.4) is 0 Å². The van der Waals surface area contributed by atoms with Crippen molar-refractivity contribution < 1.29 is 34.8 Å². The number of benzene rings is 1. The van der Waals surface area contributed by atoms with E-state index >= 15 is 0 Å². The normalized spacial score (nSPS) is 30.7. The van der Waals surface area contributed by atoms with Gasteiger partial charge in [0.1, 0.15) is 17.4 Å². The van der Waals surface area contributed by atoms with Crippen molar-refractivity contribution in [2.75, 3.05) is 19.0 Å². The Kier molecular flexibility index (Phi) is 5.77. The molecule has 2 saturated carbocycles. The monoisotopic (exact) mass is 472 g/mol.